The number of ether oxygens (including phenoxy) is 2. The van der Waals surface area contributed by atoms with Crippen molar-refractivity contribution in [1.82, 2.24) is 14.6 Å². The molecule has 0 amide bonds. The fourth-order valence-electron chi connectivity index (χ4n) is 4.32. The Hall–Kier alpha value is -3.61. The van der Waals surface area contributed by atoms with E-state index in [1.54, 1.807) is 38.1 Å². The van der Waals surface area contributed by atoms with Crippen LogP contribution in [0.3, 0.4) is 0 Å². The largest absolute Gasteiger partial charge is 0.462 e. The zero-order valence-electron chi connectivity index (χ0n) is 22.6. The van der Waals surface area contributed by atoms with Crippen LogP contribution in [-0.4, -0.2) is 51.1 Å². The van der Waals surface area contributed by atoms with Crippen LogP contribution in [0.25, 0.3) is 10.8 Å². The number of nitrogens with zero attached hydrogens (tertiary/aromatic N) is 1. The molecule has 14 heteroatoms. The Bertz CT molecular complexity index is 1580. The lowest BCUT2D eigenvalue weighted by Crippen LogP contribution is -2.40. The zero-order valence-corrected chi connectivity index (χ0v) is 23.5. The number of carbonyl (C=O) groups is 1. The summed E-state index contributed by atoms with van der Waals surface area (Å²) in [6.07, 6.45) is -3.78. The number of esters is 1. The number of aliphatic hydroxyl groups is 1. The number of H-pyrrole nitrogens is 1. The Labute approximate surface area is 234 Å². The molecule has 0 saturated carbocycles. The monoisotopic (exact) mass is 591 g/mol. The average molecular weight is 592 g/mol. The maximum atomic E-state index is 14.3. The molecule has 0 bridgehead atoms. The molecule has 1 aromatic heterocycles. The number of benzene rings is 2. The van der Waals surface area contributed by atoms with Gasteiger partial charge in [-0.05, 0) is 32.2 Å². The first-order valence-corrected chi connectivity index (χ1v) is 14.4. The number of hydrogen-bond acceptors (Lipinski definition) is 9. The number of aromatic amines is 1. The van der Waals surface area contributed by atoms with E-state index in [0.717, 1.165) is 9.95 Å². The summed E-state index contributed by atoms with van der Waals surface area (Å²) in [5.41, 5.74) is -2.15. The highest BCUT2D eigenvalue weighted by molar-refractivity contribution is 7.52. The van der Waals surface area contributed by atoms with Crippen LogP contribution in [0.1, 0.15) is 33.4 Å². The molecule has 3 aromatic rings. The van der Waals surface area contributed by atoms with Gasteiger partial charge in [-0.25, -0.2) is 9.36 Å². The molecule has 12 nitrogen and oxygen atoms in total. The molecule has 41 heavy (non-hydrogen) atoms. The summed E-state index contributed by atoms with van der Waals surface area (Å²) < 4.78 is 51.7. The van der Waals surface area contributed by atoms with Gasteiger partial charge in [0.1, 0.15) is 30.2 Å². The van der Waals surface area contributed by atoms with Crippen LogP contribution in [0.2, 0.25) is 0 Å². The lowest BCUT2D eigenvalue weighted by Gasteiger charge is -2.29. The summed E-state index contributed by atoms with van der Waals surface area (Å²) in [6.45, 7) is 8.43. The topological polar surface area (TPSA) is 158 Å². The van der Waals surface area contributed by atoms with Gasteiger partial charge in [0.05, 0.1) is 18.4 Å². The van der Waals surface area contributed by atoms with E-state index >= 15 is 0 Å². The highest BCUT2D eigenvalue weighted by Crippen LogP contribution is 2.49. The third-order valence-corrected chi connectivity index (χ3v) is 7.87. The molecule has 1 aliphatic heterocycles. The summed E-state index contributed by atoms with van der Waals surface area (Å²) in [7, 11) is -4.46. The van der Waals surface area contributed by atoms with E-state index in [4.69, 9.17) is 18.5 Å². The fraction of sp³-hybridized carbons (Fsp3) is 0.370. The van der Waals surface area contributed by atoms with Gasteiger partial charge in [-0.1, -0.05) is 42.5 Å². The van der Waals surface area contributed by atoms with Crippen molar-refractivity contribution < 1.29 is 37.4 Å². The van der Waals surface area contributed by atoms with E-state index in [-0.39, 0.29) is 12.2 Å². The minimum absolute atomic E-state index is 0.187. The molecule has 220 valence electrons. The van der Waals surface area contributed by atoms with Crippen molar-refractivity contribution in [2.75, 3.05) is 0 Å². The molecule has 4 rings (SSSR count). The Balaban J connectivity index is 1.64. The van der Waals surface area contributed by atoms with Gasteiger partial charge >= 0.3 is 19.4 Å². The fourth-order valence-corrected chi connectivity index (χ4v) is 6.00. The quantitative estimate of drug-likeness (QED) is 0.172. The number of aliphatic hydroxyl groups excluding tert-OH is 1. The summed E-state index contributed by atoms with van der Waals surface area (Å²) in [5.74, 6) is -1.74. The normalized spacial score (nSPS) is 21.8. The first kappa shape index (κ1) is 30.4. The number of carbonyl (C=O) groups excluding carboxylic acids is 1. The van der Waals surface area contributed by atoms with Gasteiger partial charge in [-0.2, -0.15) is 9.48 Å². The van der Waals surface area contributed by atoms with Crippen molar-refractivity contribution in [2.24, 2.45) is 0 Å². The predicted octanol–water partition coefficient (Wildman–Crippen LogP) is 3.17. The Morgan fingerprint density at radius 2 is 1.95 bits per heavy atom. The number of nitrogens with one attached hydrogen (secondary N) is 2. The molecule has 0 aliphatic carbocycles. The number of fused-ring (bicyclic) bond motifs is 1. The summed E-state index contributed by atoms with van der Waals surface area (Å²) in [5, 5.41) is 14.8. The first-order chi connectivity index (χ1) is 19.4. The second-order valence-corrected chi connectivity index (χ2v) is 11.4. The Kier molecular flexibility index (Phi) is 9.25. The van der Waals surface area contributed by atoms with Crippen LogP contribution in [0.4, 0.5) is 4.39 Å². The number of hydrogen-bond donors (Lipinski definition) is 3. The lowest BCUT2D eigenvalue weighted by atomic mass is 10.1. The Morgan fingerprint density at radius 1 is 1.24 bits per heavy atom. The highest BCUT2D eigenvalue weighted by atomic mass is 31.2. The van der Waals surface area contributed by atoms with Gasteiger partial charge in [0.25, 0.3) is 5.56 Å². The molecule has 1 fully saturated rings. The van der Waals surface area contributed by atoms with Crippen molar-refractivity contribution in [3.8, 4) is 5.75 Å². The van der Waals surface area contributed by atoms with Gasteiger partial charge < -0.3 is 19.1 Å². The maximum Gasteiger partial charge on any atom is 0.460 e. The SMILES string of the molecule is C=C[C@@H](O[P@@](=O)(N[C@@H](C)C(=O)OC(C)C)Oc1cccc2ccccc12)[C@H]1O[C@@H](n2cc(F)c(=O)[nH]c2=O)CC1O. The third kappa shape index (κ3) is 7.00. The van der Waals surface area contributed by atoms with Gasteiger partial charge in [0, 0.05) is 11.8 Å². The Morgan fingerprint density at radius 3 is 2.66 bits per heavy atom. The molecule has 1 saturated heterocycles. The maximum absolute atomic E-state index is 14.3. The van der Waals surface area contributed by atoms with E-state index in [2.05, 4.69) is 11.7 Å². The summed E-state index contributed by atoms with van der Waals surface area (Å²) in [6, 6.07) is 11.1. The molecule has 3 N–H and O–H groups in total. The zero-order chi connectivity index (χ0) is 29.9. The van der Waals surface area contributed by atoms with E-state index in [9.17, 15) is 28.4 Å². The van der Waals surface area contributed by atoms with Crippen molar-refractivity contribution in [1.29, 1.82) is 0 Å². The van der Waals surface area contributed by atoms with Gasteiger partial charge in [-0.15, -0.1) is 6.58 Å². The lowest BCUT2D eigenvalue weighted by molar-refractivity contribution is -0.149. The van der Waals surface area contributed by atoms with Crippen molar-refractivity contribution >= 4 is 24.5 Å². The molecule has 1 aliphatic rings. The van der Waals surface area contributed by atoms with E-state index in [1.165, 1.54) is 13.0 Å². The van der Waals surface area contributed by atoms with Gasteiger partial charge in [0.15, 0.2) is 0 Å². The van der Waals surface area contributed by atoms with Crippen molar-refractivity contribution in [3.63, 3.8) is 0 Å². The van der Waals surface area contributed by atoms with Crippen LogP contribution in [0, 0.1) is 5.82 Å². The molecule has 0 radical (unpaired) electrons. The molecule has 2 aromatic carbocycles. The van der Waals surface area contributed by atoms with Crippen LogP contribution >= 0.6 is 7.75 Å². The average Bonchev–Trinajstić information content (AvgIpc) is 3.30. The predicted molar refractivity (Wildman–Crippen MR) is 147 cm³/mol. The second kappa shape index (κ2) is 12.5. The third-order valence-electron chi connectivity index (χ3n) is 6.21. The molecule has 2 heterocycles. The molecule has 0 spiro atoms. The molecule has 1 unspecified atom stereocenters. The molecular weight excluding hydrogens is 560 g/mol. The minimum Gasteiger partial charge on any atom is -0.462 e. The van der Waals surface area contributed by atoms with E-state index in [0.29, 0.717) is 11.6 Å². The smallest absolute Gasteiger partial charge is 0.460 e. The van der Waals surface area contributed by atoms with Crippen LogP contribution in [-0.2, 0) is 23.4 Å². The van der Waals surface area contributed by atoms with E-state index < -0.39 is 67.5 Å². The van der Waals surface area contributed by atoms with E-state index in [1.807, 2.05) is 23.2 Å². The van der Waals surface area contributed by atoms with Gasteiger partial charge in [-0.3, -0.25) is 23.7 Å². The van der Waals surface area contributed by atoms with Crippen LogP contribution in [0.5, 0.6) is 5.75 Å². The van der Waals surface area contributed by atoms with Crippen LogP contribution in [0.15, 0.2) is 70.9 Å². The van der Waals surface area contributed by atoms with Gasteiger partial charge in [0.2, 0.25) is 5.82 Å². The first-order valence-electron chi connectivity index (χ1n) is 12.8. The summed E-state index contributed by atoms with van der Waals surface area (Å²) in [4.78, 5) is 38.0. The summed E-state index contributed by atoms with van der Waals surface area (Å²) >= 11 is 0. The standard InChI is InChI=1S/C27H31FN3O9P/c1-5-21(24-20(32)13-23(38-24)31-14-19(28)25(33)29-27(31)35)39-41(36,30-16(4)26(34)37-15(2)3)40-22-12-8-10-17-9-6-7-11-18(17)22/h5-12,14-16,20-21,23-24,32H,1,13H2,2-4H3,(H,30,36)(H,29,33,35)/t16-,20?,21+,23+,24-,41-/m0/s1. The van der Waals surface area contributed by atoms with Crippen LogP contribution < -0.4 is 20.9 Å². The number of rotatable bonds is 11. The number of aromatic nitrogens is 2. The molecular formula is C27H31FN3O9P. The second-order valence-electron chi connectivity index (χ2n) is 9.71. The van der Waals surface area contributed by atoms with Crippen molar-refractivity contribution in [2.45, 2.75) is 63.9 Å². The number of halogens is 1. The minimum atomic E-state index is -4.46. The van der Waals surface area contributed by atoms with Crippen molar-refractivity contribution in [3.05, 3.63) is 88.0 Å². The highest BCUT2D eigenvalue weighted by Gasteiger charge is 2.44. The molecule has 6 atom stereocenters.